The monoisotopic (exact) mass is 190 g/mol. The SMILES string of the molecule is CC(C)C(F)(F)F.c1ccccc1. The highest BCUT2D eigenvalue weighted by molar-refractivity contribution is 4.99. The van der Waals surface area contributed by atoms with Crippen LogP contribution in [0.1, 0.15) is 13.8 Å². The van der Waals surface area contributed by atoms with E-state index < -0.39 is 12.1 Å². The molecule has 0 nitrogen and oxygen atoms in total. The number of hydrogen-bond acceptors (Lipinski definition) is 0. The number of hydrogen-bond donors (Lipinski definition) is 0. The van der Waals surface area contributed by atoms with Gasteiger partial charge in [0.25, 0.3) is 0 Å². The van der Waals surface area contributed by atoms with Crippen LogP contribution in [0.5, 0.6) is 0 Å². The van der Waals surface area contributed by atoms with Crippen LogP contribution in [0.25, 0.3) is 0 Å². The van der Waals surface area contributed by atoms with E-state index in [-0.39, 0.29) is 0 Å². The van der Waals surface area contributed by atoms with E-state index in [1.54, 1.807) is 0 Å². The van der Waals surface area contributed by atoms with Crippen molar-refractivity contribution in [2.24, 2.45) is 5.92 Å². The van der Waals surface area contributed by atoms with Crippen molar-refractivity contribution in [3.63, 3.8) is 0 Å². The standard InChI is InChI=1S/C6H6.C4H7F3/c1-2-4-6-5-3-1;1-3(2)4(5,6)7/h1-6H;3H,1-2H3. The third-order valence-electron chi connectivity index (χ3n) is 1.32. The third kappa shape index (κ3) is 7.37. The summed E-state index contributed by atoms with van der Waals surface area (Å²) in [4.78, 5) is 0. The number of rotatable bonds is 0. The zero-order valence-electron chi connectivity index (χ0n) is 7.68. The van der Waals surface area contributed by atoms with Crippen LogP contribution in [0.4, 0.5) is 13.2 Å². The molecular weight excluding hydrogens is 177 g/mol. The molecule has 0 radical (unpaired) electrons. The Morgan fingerprint density at radius 3 is 1.00 bits per heavy atom. The minimum absolute atomic E-state index is 1.12. The summed E-state index contributed by atoms with van der Waals surface area (Å²) in [5, 5.41) is 0. The Labute approximate surface area is 76.4 Å². The van der Waals surface area contributed by atoms with E-state index >= 15 is 0 Å². The van der Waals surface area contributed by atoms with E-state index in [0.29, 0.717) is 0 Å². The van der Waals surface area contributed by atoms with Crippen molar-refractivity contribution in [2.75, 3.05) is 0 Å². The van der Waals surface area contributed by atoms with Gasteiger partial charge in [0, 0.05) is 5.92 Å². The first-order chi connectivity index (χ1) is 5.94. The largest absolute Gasteiger partial charge is 0.391 e. The maximum absolute atomic E-state index is 11.2. The molecule has 0 N–H and O–H groups in total. The zero-order chi connectivity index (χ0) is 10.3. The summed E-state index contributed by atoms with van der Waals surface area (Å²) in [6, 6.07) is 12.0. The second-order valence-electron chi connectivity index (χ2n) is 2.85. The summed E-state index contributed by atoms with van der Waals surface area (Å²) in [7, 11) is 0. The average molecular weight is 190 g/mol. The van der Waals surface area contributed by atoms with Gasteiger partial charge >= 0.3 is 6.18 Å². The summed E-state index contributed by atoms with van der Waals surface area (Å²) >= 11 is 0. The molecule has 3 heteroatoms. The van der Waals surface area contributed by atoms with E-state index in [0.717, 1.165) is 13.8 Å². The summed E-state index contributed by atoms with van der Waals surface area (Å²) < 4.78 is 33.5. The molecule has 0 spiro atoms. The Balaban J connectivity index is 0.000000223. The van der Waals surface area contributed by atoms with Crippen LogP contribution in [-0.4, -0.2) is 6.18 Å². The van der Waals surface area contributed by atoms with Crippen LogP contribution >= 0.6 is 0 Å². The Morgan fingerprint density at radius 2 is 0.923 bits per heavy atom. The summed E-state index contributed by atoms with van der Waals surface area (Å²) in [6.45, 7) is 2.25. The molecular formula is C10H13F3. The van der Waals surface area contributed by atoms with Gasteiger partial charge in [0.2, 0.25) is 0 Å². The van der Waals surface area contributed by atoms with Gasteiger partial charge in [0.05, 0.1) is 0 Å². The van der Waals surface area contributed by atoms with Crippen molar-refractivity contribution >= 4 is 0 Å². The smallest absolute Gasteiger partial charge is 0.171 e. The fraction of sp³-hybridized carbons (Fsp3) is 0.400. The fourth-order valence-electron chi connectivity index (χ4n) is 0.385. The molecule has 0 aliphatic heterocycles. The fourth-order valence-corrected chi connectivity index (χ4v) is 0.385. The first kappa shape index (κ1) is 12.0. The molecule has 0 fully saturated rings. The molecule has 0 bridgehead atoms. The van der Waals surface area contributed by atoms with Gasteiger partial charge in [0.1, 0.15) is 0 Å². The van der Waals surface area contributed by atoms with Crippen molar-refractivity contribution in [1.29, 1.82) is 0 Å². The van der Waals surface area contributed by atoms with Crippen molar-refractivity contribution in [3.05, 3.63) is 36.4 Å². The number of alkyl halides is 3. The van der Waals surface area contributed by atoms with Gasteiger partial charge in [-0.2, -0.15) is 13.2 Å². The molecule has 0 aromatic heterocycles. The maximum atomic E-state index is 11.2. The second kappa shape index (κ2) is 5.62. The van der Waals surface area contributed by atoms with Gasteiger partial charge in [-0.05, 0) is 0 Å². The predicted molar refractivity (Wildman–Crippen MR) is 47.3 cm³/mol. The lowest BCUT2D eigenvalue weighted by Gasteiger charge is -2.07. The van der Waals surface area contributed by atoms with Crippen LogP contribution in [0.15, 0.2) is 36.4 Å². The lowest BCUT2D eigenvalue weighted by atomic mass is 10.2. The number of halogens is 3. The highest BCUT2D eigenvalue weighted by Crippen LogP contribution is 2.24. The molecule has 0 unspecified atom stereocenters. The molecule has 1 aromatic carbocycles. The van der Waals surface area contributed by atoms with Gasteiger partial charge in [-0.3, -0.25) is 0 Å². The quantitative estimate of drug-likeness (QED) is 0.582. The molecule has 0 amide bonds. The minimum atomic E-state index is -4.00. The van der Waals surface area contributed by atoms with E-state index in [9.17, 15) is 13.2 Å². The topological polar surface area (TPSA) is 0 Å². The van der Waals surface area contributed by atoms with E-state index in [2.05, 4.69) is 0 Å². The van der Waals surface area contributed by atoms with Crippen LogP contribution in [0, 0.1) is 5.92 Å². The minimum Gasteiger partial charge on any atom is -0.171 e. The zero-order valence-corrected chi connectivity index (χ0v) is 7.68. The van der Waals surface area contributed by atoms with Crippen LogP contribution in [0.2, 0.25) is 0 Å². The first-order valence-electron chi connectivity index (χ1n) is 4.01. The van der Waals surface area contributed by atoms with E-state index in [1.165, 1.54) is 0 Å². The number of benzene rings is 1. The Hall–Kier alpha value is -0.990. The van der Waals surface area contributed by atoms with Crippen molar-refractivity contribution in [3.8, 4) is 0 Å². The van der Waals surface area contributed by atoms with Crippen LogP contribution in [-0.2, 0) is 0 Å². The first-order valence-corrected chi connectivity index (χ1v) is 4.01. The second-order valence-corrected chi connectivity index (χ2v) is 2.85. The molecule has 0 saturated carbocycles. The van der Waals surface area contributed by atoms with Gasteiger partial charge in [-0.25, -0.2) is 0 Å². The van der Waals surface area contributed by atoms with Gasteiger partial charge in [-0.15, -0.1) is 0 Å². The molecule has 13 heavy (non-hydrogen) atoms. The Kier molecular flexibility index (Phi) is 5.19. The maximum Gasteiger partial charge on any atom is 0.391 e. The van der Waals surface area contributed by atoms with E-state index in [4.69, 9.17) is 0 Å². The van der Waals surface area contributed by atoms with Crippen LogP contribution in [0.3, 0.4) is 0 Å². The van der Waals surface area contributed by atoms with Crippen molar-refractivity contribution in [2.45, 2.75) is 20.0 Å². The molecule has 74 valence electrons. The Bertz CT molecular complexity index is 174. The van der Waals surface area contributed by atoms with Gasteiger partial charge in [-0.1, -0.05) is 50.2 Å². The van der Waals surface area contributed by atoms with Crippen molar-refractivity contribution < 1.29 is 13.2 Å². The molecule has 0 saturated heterocycles. The molecule has 1 aromatic rings. The Morgan fingerprint density at radius 1 is 0.769 bits per heavy atom. The lowest BCUT2D eigenvalue weighted by Crippen LogP contribution is -2.15. The molecule has 0 aliphatic rings. The molecule has 1 rings (SSSR count). The predicted octanol–water partition coefficient (Wildman–Crippen LogP) is 3.89. The van der Waals surface area contributed by atoms with Gasteiger partial charge in [0.15, 0.2) is 0 Å². The summed E-state index contributed by atoms with van der Waals surface area (Å²) in [6.07, 6.45) is -4.00. The lowest BCUT2D eigenvalue weighted by molar-refractivity contribution is -0.164. The molecule has 0 heterocycles. The average Bonchev–Trinajstić information content (AvgIpc) is 2.07. The van der Waals surface area contributed by atoms with Crippen molar-refractivity contribution in [1.82, 2.24) is 0 Å². The highest BCUT2D eigenvalue weighted by Gasteiger charge is 2.31. The summed E-state index contributed by atoms with van der Waals surface area (Å²) in [5.41, 5.74) is 0. The molecule has 0 aliphatic carbocycles. The van der Waals surface area contributed by atoms with Crippen LogP contribution < -0.4 is 0 Å². The molecule has 0 atom stereocenters. The highest BCUT2D eigenvalue weighted by atomic mass is 19.4. The van der Waals surface area contributed by atoms with Gasteiger partial charge < -0.3 is 0 Å². The normalized spacial score (nSPS) is 10.6. The summed E-state index contributed by atoms with van der Waals surface area (Å²) in [5.74, 6) is -1.20. The third-order valence-corrected chi connectivity index (χ3v) is 1.32. The van der Waals surface area contributed by atoms with E-state index in [1.807, 2.05) is 36.4 Å².